The van der Waals surface area contributed by atoms with E-state index in [1.807, 2.05) is 29.3 Å². The molecule has 1 saturated heterocycles. The summed E-state index contributed by atoms with van der Waals surface area (Å²) in [5.41, 5.74) is 7.21. The van der Waals surface area contributed by atoms with Crippen molar-refractivity contribution in [3.8, 4) is 0 Å². The Bertz CT molecular complexity index is 364. The van der Waals surface area contributed by atoms with Crippen LogP contribution in [-0.2, 0) is 6.54 Å². The van der Waals surface area contributed by atoms with Crippen LogP contribution in [0.1, 0.15) is 23.9 Å². The molecule has 4 heteroatoms. The second kappa shape index (κ2) is 4.31. The molecule has 0 radical (unpaired) electrons. The van der Waals surface area contributed by atoms with Gasteiger partial charge >= 0.3 is 0 Å². The lowest BCUT2D eigenvalue weighted by atomic mass is 10.1. The van der Waals surface area contributed by atoms with Gasteiger partial charge in [0.15, 0.2) is 0 Å². The van der Waals surface area contributed by atoms with Gasteiger partial charge in [-0.3, -0.25) is 0 Å². The quantitative estimate of drug-likeness (QED) is 0.799. The molecule has 1 unspecified atom stereocenters. The summed E-state index contributed by atoms with van der Waals surface area (Å²) in [6, 6.07) is 0. The van der Waals surface area contributed by atoms with E-state index < -0.39 is 0 Å². The van der Waals surface area contributed by atoms with Crippen molar-refractivity contribution in [1.82, 2.24) is 9.55 Å². The topological polar surface area (TPSA) is 43.8 Å². The minimum Gasteiger partial charge on any atom is -0.384 e. The zero-order valence-corrected chi connectivity index (χ0v) is 9.89. The number of nitrogen functional groups attached to an aromatic ring is 1. The number of nitrogens with zero attached hydrogens (tertiary/aromatic N) is 2. The fraction of sp³-hybridized carbons (Fsp3) is 0.545. The molecule has 0 bridgehead atoms. The van der Waals surface area contributed by atoms with Gasteiger partial charge in [0.05, 0.1) is 5.69 Å². The van der Waals surface area contributed by atoms with Gasteiger partial charge in [0.1, 0.15) is 11.6 Å². The molecule has 0 aromatic carbocycles. The van der Waals surface area contributed by atoms with E-state index in [1.165, 1.54) is 12.2 Å². The summed E-state index contributed by atoms with van der Waals surface area (Å²) >= 11 is 1.99. The number of imidazole rings is 1. The second-order valence-corrected chi connectivity index (χ2v) is 5.04. The van der Waals surface area contributed by atoms with E-state index in [2.05, 4.69) is 11.6 Å². The van der Waals surface area contributed by atoms with Crippen molar-refractivity contribution in [2.24, 2.45) is 0 Å². The van der Waals surface area contributed by atoms with Crippen LogP contribution in [0.15, 0.2) is 12.7 Å². The molecular formula is C11H17N3S. The van der Waals surface area contributed by atoms with Crippen molar-refractivity contribution in [2.45, 2.75) is 25.8 Å². The minimum absolute atomic E-state index is 0.555. The molecule has 1 aliphatic heterocycles. The van der Waals surface area contributed by atoms with Gasteiger partial charge in [0.25, 0.3) is 0 Å². The lowest BCUT2D eigenvalue weighted by molar-refractivity contribution is 0.758. The first-order chi connectivity index (χ1) is 7.24. The van der Waals surface area contributed by atoms with Crippen LogP contribution >= 0.6 is 11.8 Å². The van der Waals surface area contributed by atoms with Crippen molar-refractivity contribution >= 4 is 17.6 Å². The van der Waals surface area contributed by atoms with Crippen molar-refractivity contribution in [1.29, 1.82) is 0 Å². The zero-order chi connectivity index (χ0) is 10.8. The summed E-state index contributed by atoms with van der Waals surface area (Å²) < 4.78 is 2.03. The number of aromatic nitrogens is 2. The smallest absolute Gasteiger partial charge is 0.127 e. The second-order valence-electron chi connectivity index (χ2n) is 3.89. The molecule has 1 aromatic rings. The Morgan fingerprint density at radius 3 is 3.13 bits per heavy atom. The summed E-state index contributed by atoms with van der Waals surface area (Å²) in [5, 5.41) is 0. The molecule has 15 heavy (non-hydrogen) atoms. The highest BCUT2D eigenvalue weighted by molar-refractivity contribution is 7.99. The van der Waals surface area contributed by atoms with Gasteiger partial charge in [-0.15, -0.1) is 6.58 Å². The Kier molecular flexibility index (Phi) is 3.05. The van der Waals surface area contributed by atoms with Crippen LogP contribution in [0.4, 0.5) is 5.82 Å². The molecular weight excluding hydrogens is 206 g/mol. The first-order valence-electron chi connectivity index (χ1n) is 5.25. The number of hydrogen-bond acceptors (Lipinski definition) is 3. The lowest BCUT2D eigenvalue weighted by Crippen LogP contribution is -2.06. The SMILES string of the molecule is C=CCn1c(C)nc(C2CCSC2)c1N. The highest BCUT2D eigenvalue weighted by Crippen LogP contribution is 2.34. The maximum Gasteiger partial charge on any atom is 0.127 e. The standard InChI is InChI=1S/C11H17N3S/c1-3-5-14-8(2)13-10(11(14)12)9-4-6-15-7-9/h3,9H,1,4-7,12H2,2H3. The summed E-state index contributed by atoms with van der Waals surface area (Å²) in [6.07, 6.45) is 3.07. The minimum atomic E-state index is 0.555. The number of rotatable bonds is 3. The van der Waals surface area contributed by atoms with Gasteiger partial charge in [-0.25, -0.2) is 4.98 Å². The van der Waals surface area contributed by atoms with Crippen LogP contribution in [0.3, 0.4) is 0 Å². The van der Waals surface area contributed by atoms with Gasteiger partial charge in [0.2, 0.25) is 0 Å². The third kappa shape index (κ3) is 1.91. The molecule has 0 amide bonds. The highest BCUT2D eigenvalue weighted by atomic mass is 32.2. The van der Waals surface area contributed by atoms with Crippen LogP contribution in [0.5, 0.6) is 0 Å². The van der Waals surface area contributed by atoms with Crippen LogP contribution in [0.2, 0.25) is 0 Å². The van der Waals surface area contributed by atoms with Crippen molar-refractivity contribution < 1.29 is 0 Å². The molecule has 3 nitrogen and oxygen atoms in total. The fourth-order valence-electron chi connectivity index (χ4n) is 2.01. The van der Waals surface area contributed by atoms with Crippen LogP contribution in [-0.4, -0.2) is 21.1 Å². The molecule has 0 spiro atoms. The lowest BCUT2D eigenvalue weighted by Gasteiger charge is -2.07. The van der Waals surface area contributed by atoms with Crippen molar-refractivity contribution in [2.75, 3.05) is 17.2 Å². The maximum absolute atomic E-state index is 6.11. The number of anilines is 1. The fourth-order valence-corrected chi connectivity index (χ4v) is 3.24. The van der Waals surface area contributed by atoms with E-state index in [0.29, 0.717) is 5.92 Å². The first kappa shape index (κ1) is 10.6. The predicted octanol–water partition coefficient (Wildman–Crippen LogP) is 2.18. The molecule has 2 N–H and O–H groups in total. The van der Waals surface area contributed by atoms with Gasteiger partial charge < -0.3 is 10.3 Å². The number of nitrogens with two attached hydrogens (primary N) is 1. The maximum atomic E-state index is 6.11. The molecule has 0 aliphatic carbocycles. The van der Waals surface area contributed by atoms with E-state index in [0.717, 1.165) is 29.6 Å². The number of thioether (sulfide) groups is 1. The molecule has 1 aliphatic rings. The van der Waals surface area contributed by atoms with E-state index in [1.54, 1.807) is 0 Å². The molecule has 0 saturated carbocycles. The number of aryl methyl sites for hydroxylation is 1. The van der Waals surface area contributed by atoms with Crippen LogP contribution < -0.4 is 5.73 Å². The molecule has 2 rings (SSSR count). The third-order valence-corrected chi connectivity index (χ3v) is 4.02. The van der Waals surface area contributed by atoms with E-state index in [4.69, 9.17) is 5.73 Å². The van der Waals surface area contributed by atoms with Gasteiger partial charge in [-0.05, 0) is 19.1 Å². The number of allylic oxidation sites excluding steroid dienone is 1. The zero-order valence-electron chi connectivity index (χ0n) is 9.07. The van der Waals surface area contributed by atoms with Gasteiger partial charge in [-0.2, -0.15) is 11.8 Å². The van der Waals surface area contributed by atoms with Gasteiger partial charge in [-0.1, -0.05) is 6.08 Å². The third-order valence-electron chi connectivity index (χ3n) is 2.85. The molecule has 1 aromatic heterocycles. The Balaban J connectivity index is 2.31. The largest absolute Gasteiger partial charge is 0.384 e. The summed E-state index contributed by atoms with van der Waals surface area (Å²) in [6.45, 7) is 6.50. The first-order valence-corrected chi connectivity index (χ1v) is 6.40. The average Bonchev–Trinajstić information content (AvgIpc) is 2.81. The van der Waals surface area contributed by atoms with Crippen LogP contribution in [0.25, 0.3) is 0 Å². The van der Waals surface area contributed by atoms with Gasteiger partial charge in [0, 0.05) is 18.2 Å². The molecule has 2 heterocycles. The van der Waals surface area contributed by atoms with E-state index >= 15 is 0 Å². The summed E-state index contributed by atoms with van der Waals surface area (Å²) in [5.74, 6) is 4.78. The summed E-state index contributed by atoms with van der Waals surface area (Å²) in [7, 11) is 0. The van der Waals surface area contributed by atoms with Crippen molar-refractivity contribution in [3.63, 3.8) is 0 Å². The molecule has 1 atom stereocenters. The molecule has 82 valence electrons. The Labute approximate surface area is 94.8 Å². The normalized spacial score (nSPS) is 20.7. The van der Waals surface area contributed by atoms with E-state index in [-0.39, 0.29) is 0 Å². The Morgan fingerprint density at radius 1 is 1.73 bits per heavy atom. The average molecular weight is 223 g/mol. The monoisotopic (exact) mass is 223 g/mol. The van der Waals surface area contributed by atoms with Crippen LogP contribution in [0, 0.1) is 6.92 Å². The Morgan fingerprint density at radius 2 is 2.53 bits per heavy atom. The Hall–Kier alpha value is -0.900. The highest BCUT2D eigenvalue weighted by Gasteiger charge is 2.24. The summed E-state index contributed by atoms with van der Waals surface area (Å²) in [4.78, 5) is 4.59. The molecule has 1 fully saturated rings. The van der Waals surface area contributed by atoms with Crippen molar-refractivity contribution in [3.05, 3.63) is 24.2 Å². The number of hydrogen-bond donors (Lipinski definition) is 1. The van der Waals surface area contributed by atoms with E-state index in [9.17, 15) is 0 Å². The predicted molar refractivity (Wildman–Crippen MR) is 66.3 cm³/mol.